The molecule has 2 amide bonds. The fraction of sp³-hybridized carbons (Fsp3) is 0.0455. The number of hydrogen-bond acceptors (Lipinski definition) is 6. The Hall–Kier alpha value is -2.17. The van der Waals surface area contributed by atoms with Crippen LogP contribution in [0.3, 0.4) is 0 Å². The van der Waals surface area contributed by atoms with E-state index in [1.807, 2.05) is 42.5 Å². The highest BCUT2D eigenvalue weighted by molar-refractivity contribution is 9.10. The highest BCUT2D eigenvalue weighted by atomic mass is 79.9. The first-order chi connectivity index (χ1) is 15.4. The molecule has 0 radical (unpaired) electrons. The van der Waals surface area contributed by atoms with Crippen molar-refractivity contribution in [3.05, 3.63) is 90.4 Å². The Labute approximate surface area is 211 Å². The molecule has 1 aromatic heterocycles. The molecule has 2 heterocycles. The zero-order valence-electron chi connectivity index (χ0n) is 16.2. The van der Waals surface area contributed by atoms with Crippen LogP contribution in [0.1, 0.15) is 20.8 Å². The molecule has 2 aromatic carbocycles. The Morgan fingerprint density at radius 2 is 2.03 bits per heavy atom. The van der Waals surface area contributed by atoms with Gasteiger partial charge in [0.05, 0.1) is 14.3 Å². The van der Waals surface area contributed by atoms with Gasteiger partial charge in [-0.05, 0) is 69.4 Å². The van der Waals surface area contributed by atoms with Crippen molar-refractivity contribution in [2.75, 3.05) is 0 Å². The lowest BCUT2D eigenvalue weighted by atomic mass is 10.2. The second-order valence-electron chi connectivity index (χ2n) is 6.51. The topological polar surface area (TPSA) is 58.6 Å². The number of thioether (sulfide) groups is 1. The molecule has 4 rings (SSSR count). The average Bonchev–Trinajstić information content (AvgIpc) is 3.39. The molecule has 3 aromatic rings. The van der Waals surface area contributed by atoms with Crippen molar-refractivity contribution in [3.8, 4) is 5.75 Å². The molecule has 1 fully saturated rings. The molecular weight excluding hydrogens is 552 g/mol. The van der Waals surface area contributed by atoms with E-state index in [-0.39, 0.29) is 16.1 Å². The van der Waals surface area contributed by atoms with Crippen molar-refractivity contribution >= 4 is 85.1 Å². The van der Waals surface area contributed by atoms with Gasteiger partial charge in [-0.15, -0.1) is 11.3 Å². The molecule has 1 aliphatic rings. The number of hydrazine groups is 1. The van der Waals surface area contributed by atoms with Gasteiger partial charge in [-0.2, -0.15) is 5.01 Å². The number of carbonyl (C=O) groups excluding carboxylic acids is 2. The quantitative estimate of drug-likeness (QED) is 0.281. The summed E-state index contributed by atoms with van der Waals surface area (Å²) < 4.78 is 6.87. The summed E-state index contributed by atoms with van der Waals surface area (Å²) in [5.74, 6) is -0.0989. The van der Waals surface area contributed by atoms with Gasteiger partial charge in [0.15, 0.2) is 4.32 Å². The van der Waals surface area contributed by atoms with Gasteiger partial charge in [0.1, 0.15) is 12.4 Å². The van der Waals surface area contributed by atoms with E-state index in [1.165, 1.54) is 11.3 Å². The largest absolute Gasteiger partial charge is 0.488 e. The van der Waals surface area contributed by atoms with E-state index in [2.05, 4.69) is 21.4 Å². The standard InChI is InChI=1S/C22H14BrClN2O3S3/c23-15-10-13(7-8-17(15)29-12-14-4-1-2-5-16(14)24)11-19-21(28)26(22(30)32-19)25-20(27)18-6-3-9-31-18/h1-11H,12H2,(H,25,27)/b19-11+. The second-order valence-corrected chi connectivity index (χ2v) is 10.4. The van der Waals surface area contributed by atoms with Gasteiger partial charge in [0.2, 0.25) is 0 Å². The molecule has 5 nitrogen and oxygen atoms in total. The number of hydrogen-bond donors (Lipinski definition) is 1. The lowest BCUT2D eigenvalue weighted by Gasteiger charge is -2.14. The summed E-state index contributed by atoms with van der Waals surface area (Å²) in [7, 11) is 0. The monoisotopic (exact) mass is 564 g/mol. The number of nitrogens with one attached hydrogen (secondary N) is 1. The molecule has 1 saturated heterocycles. The number of halogens is 2. The number of thiocarbonyl (C=S) groups is 1. The van der Waals surface area contributed by atoms with Crippen LogP contribution in [0.5, 0.6) is 5.75 Å². The van der Waals surface area contributed by atoms with Crippen LogP contribution in [0.25, 0.3) is 6.08 Å². The van der Waals surface area contributed by atoms with E-state index in [9.17, 15) is 9.59 Å². The minimum Gasteiger partial charge on any atom is -0.488 e. The lowest BCUT2D eigenvalue weighted by molar-refractivity contribution is -0.123. The van der Waals surface area contributed by atoms with Crippen LogP contribution in [0, 0.1) is 0 Å². The third-order valence-electron chi connectivity index (χ3n) is 4.35. The Morgan fingerprint density at radius 1 is 1.22 bits per heavy atom. The van der Waals surface area contributed by atoms with E-state index in [1.54, 1.807) is 23.6 Å². The van der Waals surface area contributed by atoms with Crippen molar-refractivity contribution in [1.82, 2.24) is 10.4 Å². The summed E-state index contributed by atoms with van der Waals surface area (Å²) in [5, 5.41) is 3.54. The average molecular weight is 566 g/mol. The van der Waals surface area contributed by atoms with Crippen LogP contribution >= 0.6 is 62.8 Å². The molecule has 0 saturated carbocycles. The van der Waals surface area contributed by atoms with Crippen LogP contribution in [0.4, 0.5) is 0 Å². The Bertz CT molecular complexity index is 1230. The van der Waals surface area contributed by atoms with Crippen LogP contribution < -0.4 is 10.2 Å². The summed E-state index contributed by atoms with van der Waals surface area (Å²) in [5.41, 5.74) is 4.24. The van der Waals surface area contributed by atoms with Crippen LogP contribution in [-0.4, -0.2) is 21.1 Å². The number of nitrogens with zero attached hydrogens (tertiary/aromatic N) is 1. The molecule has 10 heteroatoms. The SMILES string of the molecule is O=C(NN1C(=O)/C(=C\c2ccc(OCc3ccccc3Cl)c(Br)c2)SC1=S)c1cccs1. The Kier molecular flexibility index (Phi) is 7.32. The minimum atomic E-state index is -0.375. The fourth-order valence-corrected chi connectivity index (χ4v) is 5.27. The lowest BCUT2D eigenvalue weighted by Crippen LogP contribution is -2.44. The highest BCUT2D eigenvalue weighted by Gasteiger charge is 2.34. The number of amides is 2. The van der Waals surface area contributed by atoms with Gasteiger partial charge < -0.3 is 4.74 Å². The molecule has 0 aliphatic carbocycles. The van der Waals surface area contributed by atoms with Crippen LogP contribution in [0.2, 0.25) is 5.02 Å². The molecule has 0 atom stereocenters. The molecular formula is C22H14BrClN2O3S3. The first kappa shape index (κ1) is 23.0. The summed E-state index contributed by atoms with van der Waals surface area (Å²) in [6.45, 7) is 0.334. The number of carbonyl (C=O) groups is 2. The third-order valence-corrected chi connectivity index (χ3v) is 7.51. The van der Waals surface area contributed by atoms with Gasteiger partial charge in [0, 0.05) is 10.6 Å². The molecule has 1 aliphatic heterocycles. The Morgan fingerprint density at radius 3 is 2.75 bits per heavy atom. The van der Waals surface area contributed by atoms with Crippen molar-refractivity contribution in [2.45, 2.75) is 6.61 Å². The van der Waals surface area contributed by atoms with Gasteiger partial charge in [-0.3, -0.25) is 15.0 Å². The third kappa shape index (κ3) is 5.24. The summed E-state index contributed by atoms with van der Waals surface area (Å²) in [6.07, 6.45) is 1.72. The van der Waals surface area contributed by atoms with E-state index in [4.69, 9.17) is 28.6 Å². The van der Waals surface area contributed by atoms with Gasteiger partial charge in [-0.1, -0.05) is 53.7 Å². The molecule has 32 heavy (non-hydrogen) atoms. The number of thiophene rings is 1. The van der Waals surface area contributed by atoms with Gasteiger partial charge in [0.25, 0.3) is 11.8 Å². The maximum atomic E-state index is 12.8. The molecule has 162 valence electrons. The zero-order chi connectivity index (χ0) is 22.7. The van der Waals surface area contributed by atoms with E-state index < -0.39 is 0 Å². The van der Waals surface area contributed by atoms with Crippen molar-refractivity contribution in [1.29, 1.82) is 0 Å². The van der Waals surface area contributed by atoms with Gasteiger partial charge in [-0.25, -0.2) is 0 Å². The summed E-state index contributed by atoms with van der Waals surface area (Å²) >= 11 is 17.4. The molecule has 0 spiro atoms. The highest BCUT2D eigenvalue weighted by Crippen LogP contribution is 2.34. The Balaban J connectivity index is 1.45. The molecule has 0 unspecified atom stereocenters. The second kappa shape index (κ2) is 10.2. The number of benzene rings is 2. The minimum absolute atomic E-state index is 0.268. The summed E-state index contributed by atoms with van der Waals surface area (Å²) in [4.78, 5) is 25.9. The maximum absolute atomic E-state index is 12.8. The number of ether oxygens (including phenoxy) is 1. The molecule has 1 N–H and O–H groups in total. The van der Waals surface area contributed by atoms with Crippen molar-refractivity contribution in [2.24, 2.45) is 0 Å². The predicted molar refractivity (Wildman–Crippen MR) is 137 cm³/mol. The normalized spacial score (nSPS) is 14.8. The smallest absolute Gasteiger partial charge is 0.285 e. The predicted octanol–water partition coefficient (Wildman–Crippen LogP) is 6.29. The zero-order valence-corrected chi connectivity index (χ0v) is 21.0. The van der Waals surface area contributed by atoms with E-state index in [0.717, 1.165) is 32.4 Å². The van der Waals surface area contributed by atoms with Gasteiger partial charge >= 0.3 is 0 Å². The summed E-state index contributed by atoms with van der Waals surface area (Å²) in [6, 6.07) is 16.4. The van der Waals surface area contributed by atoms with Crippen molar-refractivity contribution in [3.63, 3.8) is 0 Å². The maximum Gasteiger partial charge on any atom is 0.285 e. The van der Waals surface area contributed by atoms with Crippen LogP contribution in [-0.2, 0) is 11.4 Å². The van der Waals surface area contributed by atoms with Crippen molar-refractivity contribution < 1.29 is 14.3 Å². The van der Waals surface area contributed by atoms with E-state index in [0.29, 0.717) is 27.2 Å². The first-order valence-electron chi connectivity index (χ1n) is 9.20. The van der Waals surface area contributed by atoms with E-state index >= 15 is 0 Å². The first-order valence-corrected chi connectivity index (χ1v) is 12.5. The molecule has 0 bridgehead atoms. The van der Waals surface area contributed by atoms with Crippen LogP contribution in [0.15, 0.2) is 69.4 Å². The number of rotatable bonds is 6. The fourth-order valence-electron chi connectivity index (χ4n) is 2.77.